The van der Waals surface area contributed by atoms with Crippen molar-refractivity contribution in [2.45, 2.75) is 45.3 Å². The number of imidazole rings is 1. The van der Waals surface area contributed by atoms with Gasteiger partial charge in [0.1, 0.15) is 40.5 Å². The average molecular weight is 612 g/mol. The van der Waals surface area contributed by atoms with E-state index >= 15 is 0 Å². The van der Waals surface area contributed by atoms with Gasteiger partial charge in [0.05, 0.1) is 12.2 Å². The largest absolute Gasteiger partial charge is 0.383 e. The van der Waals surface area contributed by atoms with Gasteiger partial charge in [0.2, 0.25) is 5.82 Å². The molecule has 1 aliphatic heterocycles. The van der Waals surface area contributed by atoms with Crippen LogP contribution in [-0.4, -0.2) is 68.6 Å². The third-order valence-electron chi connectivity index (χ3n) is 8.13. The predicted molar refractivity (Wildman–Crippen MR) is 174 cm³/mol. The lowest BCUT2D eigenvalue weighted by atomic mass is 10.0. The van der Waals surface area contributed by atoms with E-state index in [0.29, 0.717) is 40.4 Å². The first-order chi connectivity index (χ1) is 22.4. The fourth-order valence-corrected chi connectivity index (χ4v) is 5.74. The first-order valence-corrected chi connectivity index (χ1v) is 15.3. The first kappa shape index (κ1) is 29.0. The highest BCUT2D eigenvalue weighted by atomic mass is 15.5. The van der Waals surface area contributed by atoms with Crippen molar-refractivity contribution in [2.24, 2.45) is 0 Å². The minimum absolute atomic E-state index is 0.144. The van der Waals surface area contributed by atoms with Crippen molar-refractivity contribution < 1.29 is 0 Å². The van der Waals surface area contributed by atoms with Crippen LogP contribution in [0, 0.1) is 11.3 Å². The number of nitriles is 1. The molecule has 6 aromatic rings. The zero-order valence-electron chi connectivity index (χ0n) is 25.6. The van der Waals surface area contributed by atoms with Crippen LogP contribution in [0.5, 0.6) is 0 Å². The second kappa shape index (κ2) is 12.3. The number of nitrogens with zero attached hydrogens (tertiary/aromatic N) is 11. The van der Waals surface area contributed by atoms with Crippen LogP contribution in [0.3, 0.4) is 0 Å². The average Bonchev–Trinajstić information content (AvgIpc) is 3.72. The number of hydrogen-bond acceptors (Lipinski definition) is 11. The Labute approximate surface area is 265 Å². The first-order valence-electron chi connectivity index (χ1n) is 15.3. The van der Waals surface area contributed by atoms with Gasteiger partial charge in [0.15, 0.2) is 5.65 Å². The number of piperidine rings is 1. The maximum Gasteiger partial charge on any atom is 0.234 e. The number of likely N-dealkylation sites (tertiary alicyclic amines) is 1. The molecule has 0 unspecified atom stereocenters. The second-order valence-electron chi connectivity index (χ2n) is 11.6. The summed E-state index contributed by atoms with van der Waals surface area (Å²) >= 11 is 0. The highest BCUT2D eigenvalue weighted by Crippen LogP contribution is 2.35. The minimum Gasteiger partial charge on any atom is -0.383 e. The second-order valence-corrected chi connectivity index (χ2v) is 11.6. The predicted octanol–water partition coefficient (Wildman–Crippen LogP) is 4.62. The normalized spacial score (nSPS) is 14.1. The minimum atomic E-state index is 0.144. The van der Waals surface area contributed by atoms with E-state index < -0.39 is 0 Å². The summed E-state index contributed by atoms with van der Waals surface area (Å²) in [7, 11) is 0. The molecule has 7 rings (SSSR count). The molecule has 1 aromatic carbocycles. The summed E-state index contributed by atoms with van der Waals surface area (Å²) in [4.78, 5) is 21.6. The van der Waals surface area contributed by atoms with E-state index in [9.17, 15) is 0 Å². The number of nitrogen functional groups attached to an aromatic ring is 1. The summed E-state index contributed by atoms with van der Waals surface area (Å²) in [6.45, 7) is 6.85. The van der Waals surface area contributed by atoms with E-state index in [-0.39, 0.29) is 11.9 Å². The zero-order valence-corrected chi connectivity index (χ0v) is 25.6. The molecular weight excluding hydrogens is 578 g/mol. The molecule has 13 nitrogen and oxygen atoms in total. The van der Waals surface area contributed by atoms with Crippen molar-refractivity contribution >= 4 is 17.3 Å². The summed E-state index contributed by atoms with van der Waals surface area (Å²) < 4.78 is 1.86. The molecule has 13 heteroatoms. The topological polar surface area (TPSA) is 165 Å². The standard InChI is InChI=1S/C33H33N13/c1-21(2)46-38-19-27(43-46)26-9-10-30-41-31(25-4-3-14-37-33(25)35)32(45(30)42-26)23-7-5-22(6-8-23)20-44-16-12-24(13-17-44)39-28-11-15-36-29(18-34)40-28/h3-11,14-15,19,21,24H,12-13,16-17,20H2,1-2H3,(H2,35,37)(H,36,39,40). The van der Waals surface area contributed by atoms with Crippen LogP contribution in [0.2, 0.25) is 0 Å². The molecule has 5 aromatic heterocycles. The van der Waals surface area contributed by atoms with Crippen LogP contribution in [0.4, 0.5) is 11.6 Å². The van der Waals surface area contributed by atoms with Crippen molar-refractivity contribution in [1.82, 2.24) is 49.4 Å². The molecule has 0 radical (unpaired) electrons. The maximum absolute atomic E-state index is 9.08. The molecule has 0 atom stereocenters. The monoisotopic (exact) mass is 611 g/mol. The molecule has 230 valence electrons. The van der Waals surface area contributed by atoms with Crippen molar-refractivity contribution in [1.29, 1.82) is 5.26 Å². The number of nitrogens with one attached hydrogen (secondary N) is 1. The van der Waals surface area contributed by atoms with E-state index in [4.69, 9.17) is 21.1 Å². The summed E-state index contributed by atoms with van der Waals surface area (Å²) in [6.07, 6.45) is 7.00. The lowest BCUT2D eigenvalue weighted by Crippen LogP contribution is -2.38. The lowest BCUT2D eigenvalue weighted by Gasteiger charge is -2.32. The van der Waals surface area contributed by atoms with Gasteiger partial charge in [-0.05, 0) is 62.6 Å². The molecule has 0 saturated carbocycles. The Balaban J connectivity index is 1.13. The molecular formula is C33H33N13. The number of benzene rings is 1. The Hall–Kier alpha value is -5.74. The summed E-state index contributed by atoms with van der Waals surface area (Å²) in [5.74, 6) is 1.29. The Morgan fingerprint density at radius 3 is 2.52 bits per heavy atom. The molecule has 0 spiro atoms. The number of fused-ring (bicyclic) bond motifs is 1. The molecule has 3 N–H and O–H groups in total. The fourth-order valence-electron chi connectivity index (χ4n) is 5.74. The van der Waals surface area contributed by atoms with Crippen molar-refractivity contribution in [2.75, 3.05) is 24.1 Å². The van der Waals surface area contributed by atoms with Gasteiger partial charge in [-0.2, -0.15) is 25.4 Å². The molecule has 1 saturated heterocycles. The molecule has 6 heterocycles. The van der Waals surface area contributed by atoms with Gasteiger partial charge in [-0.1, -0.05) is 24.3 Å². The quantitative estimate of drug-likeness (QED) is 0.247. The Morgan fingerprint density at radius 1 is 0.957 bits per heavy atom. The summed E-state index contributed by atoms with van der Waals surface area (Å²) in [5, 5.41) is 26.5. The molecule has 1 aliphatic rings. The van der Waals surface area contributed by atoms with Crippen molar-refractivity contribution in [3.8, 4) is 40.0 Å². The highest BCUT2D eigenvalue weighted by molar-refractivity contribution is 5.86. The van der Waals surface area contributed by atoms with Gasteiger partial charge >= 0.3 is 0 Å². The molecule has 0 amide bonds. The number of anilines is 2. The molecule has 46 heavy (non-hydrogen) atoms. The van der Waals surface area contributed by atoms with E-state index in [1.807, 2.05) is 48.7 Å². The highest BCUT2D eigenvalue weighted by Gasteiger charge is 2.22. The number of aromatic nitrogens is 9. The summed E-state index contributed by atoms with van der Waals surface area (Å²) in [5.41, 5.74) is 12.9. The van der Waals surface area contributed by atoms with Crippen LogP contribution >= 0.6 is 0 Å². The van der Waals surface area contributed by atoms with Crippen LogP contribution < -0.4 is 11.1 Å². The van der Waals surface area contributed by atoms with Gasteiger partial charge in [0.25, 0.3) is 0 Å². The van der Waals surface area contributed by atoms with Gasteiger partial charge in [-0.25, -0.2) is 24.5 Å². The third kappa shape index (κ3) is 5.85. The van der Waals surface area contributed by atoms with Crippen LogP contribution in [-0.2, 0) is 6.54 Å². The van der Waals surface area contributed by atoms with E-state index in [2.05, 4.69) is 59.6 Å². The number of rotatable bonds is 8. The van der Waals surface area contributed by atoms with E-state index in [1.54, 1.807) is 29.5 Å². The smallest absolute Gasteiger partial charge is 0.234 e. The number of nitrogens with two attached hydrogens (primary N) is 1. The SMILES string of the molecule is CC(C)n1ncc(-c2ccc3nc(-c4cccnc4N)c(-c4ccc(CN5CCC(Nc6ccnc(C#N)n6)CC5)cc4)n3n2)n1. The van der Waals surface area contributed by atoms with Crippen LogP contribution in [0.25, 0.3) is 39.5 Å². The number of pyridine rings is 1. The molecule has 0 aliphatic carbocycles. The van der Waals surface area contributed by atoms with Crippen molar-refractivity contribution in [3.63, 3.8) is 0 Å². The van der Waals surface area contributed by atoms with Crippen LogP contribution in [0.1, 0.15) is 44.1 Å². The maximum atomic E-state index is 9.08. The molecule has 1 fully saturated rings. The third-order valence-corrected chi connectivity index (χ3v) is 8.13. The van der Waals surface area contributed by atoms with Gasteiger partial charge in [-0.3, -0.25) is 4.90 Å². The molecule has 0 bridgehead atoms. The van der Waals surface area contributed by atoms with Gasteiger partial charge in [0, 0.05) is 49.2 Å². The zero-order chi connectivity index (χ0) is 31.6. The fraction of sp³-hybridized carbons (Fsp3) is 0.273. The van der Waals surface area contributed by atoms with E-state index in [0.717, 1.165) is 49.3 Å². The van der Waals surface area contributed by atoms with E-state index in [1.165, 1.54) is 5.56 Å². The summed E-state index contributed by atoms with van der Waals surface area (Å²) in [6, 6.07) is 20.5. The van der Waals surface area contributed by atoms with Gasteiger partial charge < -0.3 is 11.1 Å². The van der Waals surface area contributed by atoms with Gasteiger partial charge in [-0.15, -0.1) is 0 Å². The Morgan fingerprint density at radius 2 is 1.78 bits per heavy atom. The Bertz CT molecular complexity index is 2030. The number of hydrogen-bond donors (Lipinski definition) is 2. The van der Waals surface area contributed by atoms with Crippen LogP contribution in [0.15, 0.2) is 73.2 Å². The Kier molecular flexibility index (Phi) is 7.78. The lowest BCUT2D eigenvalue weighted by molar-refractivity contribution is 0.211. The van der Waals surface area contributed by atoms with Crippen molar-refractivity contribution in [3.05, 3.63) is 84.6 Å².